The molecule has 4 heterocycles. The normalized spacial score (nSPS) is 19.0. The molecule has 0 saturated carbocycles. The van der Waals surface area contributed by atoms with Crippen LogP contribution in [0, 0.1) is 5.92 Å². The minimum absolute atomic E-state index is 0.0594. The Hall–Kier alpha value is -3.82. The van der Waals surface area contributed by atoms with Crippen LogP contribution in [0.15, 0.2) is 36.7 Å². The topological polar surface area (TPSA) is 102 Å². The van der Waals surface area contributed by atoms with Crippen LogP contribution in [0.5, 0.6) is 5.88 Å². The molecule has 10 nitrogen and oxygen atoms in total. The number of benzene rings is 1. The van der Waals surface area contributed by atoms with Crippen LogP contribution in [0.4, 0.5) is 10.5 Å². The molecule has 0 spiro atoms. The summed E-state index contributed by atoms with van der Waals surface area (Å²) in [5.74, 6) is 0.683. The Bertz CT molecular complexity index is 1320. The van der Waals surface area contributed by atoms with Gasteiger partial charge in [-0.3, -0.25) is 4.79 Å². The number of carbonyl (C=O) groups is 2. The maximum Gasteiger partial charge on any atom is 0.410 e. The van der Waals surface area contributed by atoms with Crippen LogP contribution < -0.4 is 15.0 Å². The van der Waals surface area contributed by atoms with Gasteiger partial charge in [0.05, 0.1) is 17.5 Å². The summed E-state index contributed by atoms with van der Waals surface area (Å²) >= 11 is 0. The molecular weight excluding hydrogens is 484 g/mol. The Labute approximate surface area is 222 Å². The first-order valence-corrected chi connectivity index (χ1v) is 13.2. The molecule has 1 N–H and O–H groups in total. The lowest BCUT2D eigenvalue weighted by molar-refractivity contribution is -0.119. The fourth-order valence-electron chi connectivity index (χ4n) is 4.92. The van der Waals surface area contributed by atoms with E-state index in [4.69, 9.17) is 14.5 Å². The van der Waals surface area contributed by atoms with Crippen molar-refractivity contribution in [3.05, 3.63) is 36.7 Å². The molecule has 2 atom stereocenters. The third kappa shape index (κ3) is 5.54. The Kier molecular flexibility index (Phi) is 6.90. The highest BCUT2D eigenvalue weighted by molar-refractivity contribution is 5.85. The minimum Gasteiger partial charge on any atom is -0.473 e. The fourth-order valence-corrected chi connectivity index (χ4v) is 4.92. The van der Waals surface area contributed by atoms with Gasteiger partial charge in [0.1, 0.15) is 17.2 Å². The largest absolute Gasteiger partial charge is 0.473 e. The molecule has 0 aliphatic carbocycles. The molecular formula is C28H36N6O4. The average molecular weight is 521 g/mol. The van der Waals surface area contributed by atoms with Crippen molar-refractivity contribution >= 4 is 28.7 Å². The third-order valence-corrected chi connectivity index (χ3v) is 7.09. The molecule has 0 unspecified atom stereocenters. The summed E-state index contributed by atoms with van der Waals surface area (Å²) in [6.45, 7) is 11.0. The van der Waals surface area contributed by atoms with Gasteiger partial charge in [-0.25, -0.2) is 14.8 Å². The third-order valence-electron chi connectivity index (χ3n) is 7.09. The first-order valence-electron chi connectivity index (χ1n) is 13.2. The number of pyridine rings is 1. The SMILES string of the molecule is C[C@@H](Oc1nc(-c2ccc(N3CCN(C(=O)OC(C)(C)C)CC3)cc2)cc2ncn(C)c12)[C@H]1CNC(=O)C1. The van der Waals surface area contributed by atoms with Gasteiger partial charge in [0.15, 0.2) is 0 Å². The van der Waals surface area contributed by atoms with Crippen LogP contribution >= 0.6 is 0 Å². The van der Waals surface area contributed by atoms with Crippen molar-refractivity contribution in [2.45, 2.75) is 45.8 Å². The van der Waals surface area contributed by atoms with Crippen molar-refractivity contribution in [3.63, 3.8) is 0 Å². The van der Waals surface area contributed by atoms with E-state index < -0.39 is 5.60 Å². The molecule has 5 rings (SSSR count). The number of hydrogen-bond donors (Lipinski definition) is 1. The number of anilines is 1. The number of hydrogen-bond acceptors (Lipinski definition) is 7. The highest BCUT2D eigenvalue weighted by atomic mass is 16.6. The van der Waals surface area contributed by atoms with E-state index in [0.29, 0.717) is 31.9 Å². The molecule has 2 saturated heterocycles. The van der Waals surface area contributed by atoms with E-state index in [0.717, 1.165) is 41.1 Å². The van der Waals surface area contributed by atoms with Crippen LogP contribution in [0.1, 0.15) is 34.1 Å². The van der Waals surface area contributed by atoms with Gasteiger partial charge in [-0.1, -0.05) is 12.1 Å². The summed E-state index contributed by atoms with van der Waals surface area (Å²) in [4.78, 5) is 37.5. The quantitative estimate of drug-likeness (QED) is 0.549. The lowest BCUT2D eigenvalue weighted by atomic mass is 10.0. The number of rotatable bonds is 5. The van der Waals surface area contributed by atoms with Gasteiger partial charge in [0.2, 0.25) is 11.8 Å². The van der Waals surface area contributed by atoms with Crippen LogP contribution in [0.3, 0.4) is 0 Å². The maximum atomic E-state index is 12.4. The number of nitrogens with one attached hydrogen (secondary N) is 1. The second-order valence-electron chi connectivity index (χ2n) is 11.1. The zero-order chi connectivity index (χ0) is 27.0. The number of nitrogens with zero attached hydrogens (tertiary/aromatic N) is 5. The van der Waals surface area contributed by atoms with E-state index in [1.165, 1.54) is 0 Å². The summed E-state index contributed by atoms with van der Waals surface area (Å²) < 4.78 is 13.7. The number of fused-ring (bicyclic) bond motifs is 1. The molecule has 2 amide bonds. The lowest BCUT2D eigenvalue weighted by Gasteiger charge is -2.36. The van der Waals surface area contributed by atoms with Crippen LogP contribution in [0.2, 0.25) is 0 Å². The van der Waals surface area contributed by atoms with Crippen molar-refractivity contribution in [2.24, 2.45) is 13.0 Å². The van der Waals surface area contributed by atoms with Gasteiger partial charge in [-0.05, 0) is 45.9 Å². The van der Waals surface area contributed by atoms with Crippen molar-refractivity contribution < 1.29 is 19.1 Å². The Balaban J connectivity index is 1.30. The molecule has 3 aromatic rings. The molecule has 2 fully saturated rings. The monoisotopic (exact) mass is 520 g/mol. The van der Waals surface area contributed by atoms with E-state index in [2.05, 4.69) is 39.5 Å². The molecule has 2 aromatic heterocycles. The average Bonchev–Trinajstić information content (AvgIpc) is 3.49. The van der Waals surface area contributed by atoms with E-state index in [9.17, 15) is 9.59 Å². The molecule has 10 heteroatoms. The summed E-state index contributed by atoms with van der Waals surface area (Å²) in [5, 5.41) is 2.88. The van der Waals surface area contributed by atoms with Gasteiger partial charge >= 0.3 is 6.09 Å². The number of ether oxygens (including phenoxy) is 2. The van der Waals surface area contributed by atoms with Gasteiger partial charge in [0, 0.05) is 63.4 Å². The van der Waals surface area contributed by atoms with Crippen molar-refractivity contribution in [1.82, 2.24) is 24.8 Å². The zero-order valence-corrected chi connectivity index (χ0v) is 22.7. The smallest absolute Gasteiger partial charge is 0.410 e. The highest BCUT2D eigenvalue weighted by Crippen LogP contribution is 2.31. The predicted octanol–water partition coefficient (Wildman–Crippen LogP) is 3.60. The lowest BCUT2D eigenvalue weighted by Crippen LogP contribution is -2.50. The number of amides is 2. The first-order chi connectivity index (χ1) is 18.1. The Morgan fingerprint density at radius 3 is 2.47 bits per heavy atom. The van der Waals surface area contributed by atoms with Crippen LogP contribution in [0.25, 0.3) is 22.3 Å². The highest BCUT2D eigenvalue weighted by Gasteiger charge is 2.29. The maximum absolute atomic E-state index is 12.4. The summed E-state index contributed by atoms with van der Waals surface area (Å²) in [6.07, 6.45) is 1.79. The molecule has 0 bridgehead atoms. The molecule has 0 radical (unpaired) electrons. The molecule has 202 valence electrons. The van der Waals surface area contributed by atoms with Gasteiger partial charge < -0.3 is 29.2 Å². The first kappa shape index (κ1) is 25.8. The van der Waals surface area contributed by atoms with Crippen molar-refractivity contribution in [2.75, 3.05) is 37.6 Å². The summed E-state index contributed by atoms with van der Waals surface area (Å²) in [5.41, 5.74) is 3.98. The fraction of sp³-hybridized carbons (Fsp3) is 0.500. The molecule has 2 aliphatic heterocycles. The van der Waals surface area contributed by atoms with E-state index >= 15 is 0 Å². The second-order valence-corrected chi connectivity index (χ2v) is 11.1. The number of piperazine rings is 1. The minimum atomic E-state index is -0.494. The summed E-state index contributed by atoms with van der Waals surface area (Å²) in [7, 11) is 1.92. The zero-order valence-electron chi connectivity index (χ0n) is 22.7. The number of carbonyl (C=O) groups excluding carboxylic acids is 2. The van der Waals surface area contributed by atoms with Crippen LogP contribution in [-0.4, -0.2) is 75.9 Å². The number of imidazole rings is 1. The molecule has 1 aromatic carbocycles. The predicted molar refractivity (Wildman–Crippen MR) is 145 cm³/mol. The number of aryl methyl sites for hydroxylation is 1. The van der Waals surface area contributed by atoms with Crippen molar-refractivity contribution in [3.8, 4) is 17.1 Å². The summed E-state index contributed by atoms with van der Waals surface area (Å²) in [6, 6.07) is 10.3. The Morgan fingerprint density at radius 1 is 1.13 bits per heavy atom. The van der Waals surface area contributed by atoms with Gasteiger partial charge in [0.25, 0.3) is 0 Å². The van der Waals surface area contributed by atoms with Gasteiger partial charge in [-0.2, -0.15) is 0 Å². The second kappa shape index (κ2) is 10.2. The van der Waals surface area contributed by atoms with E-state index in [1.54, 1.807) is 11.2 Å². The molecule has 38 heavy (non-hydrogen) atoms. The Morgan fingerprint density at radius 2 is 1.84 bits per heavy atom. The molecule has 2 aliphatic rings. The van der Waals surface area contributed by atoms with E-state index in [1.807, 2.05) is 45.4 Å². The van der Waals surface area contributed by atoms with Gasteiger partial charge in [-0.15, -0.1) is 0 Å². The van der Waals surface area contributed by atoms with Crippen LogP contribution in [-0.2, 0) is 16.6 Å². The standard InChI is InChI=1S/C28H36N6O4/c1-18(20-14-24(35)29-16-20)37-26-25-23(30-17-32(25)5)15-22(31-26)19-6-8-21(9-7-19)33-10-12-34(13-11-33)27(36)38-28(2,3)4/h6-9,15,17-18,20H,10-14,16H2,1-5H3,(H,29,35)/t18-,20-/m1/s1. The van der Waals surface area contributed by atoms with Crippen molar-refractivity contribution in [1.29, 1.82) is 0 Å². The number of aromatic nitrogens is 3. The van der Waals surface area contributed by atoms with E-state index in [-0.39, 0.29) is 24.0 Å².